The fraction of sp³-hybridized carbons (Fsp3) is 0.200. The highest BCUT2D eigenvalue weighted by Crippen LogP contribution is 2.27. The maximum absolute atomic E-state index is 14.2. The van der Waals surface area contributed by atoms with Crippen LogP contribution in [0.2, 0.25) is 5.02 Å². The fourth-order valence-corrected chi connectivity index (χ4v) is 3.72. The van der Waals surface area contributed by atoms with Crippen LogP contribution in [0.15, 0.2) is 54.7 Å². The molecule has 1 fully saturated rings. The molecule has 2 aromatic carbocycles. The Balaban J connectivity index is 1.57. The van der Waals surface area contributed by atoms with E-state index in [1.165, 1.54) is 19.4 Å². The van der Waals surface area contributed by atoms with E-state index in [2.05, 4.69) is 10.3 Å². The molecular weight excluding hydrogens is 459 g/mol. The molecule has 1 aliphatic heterocycles. The molecule has 0 bridgehead atoms. The minimum absolute atomic E-state index is 0.0295. The van der Waals surface area contributed by atoms with E-state index in [4.69, 9.17) is 21.7 Å². The van der Waals surface area contributed by atoms with Gasteiger partial charge in [-0.3, -0.25) is 15.0 Å². The molecule has 0 spiro atoms. The highest BCUT2D eigenvalue weighted by atomic mass is 35.5. The van der Waals surface area contributed by atoms with E-state index in [9.17, 15) is 14.0 Å². The van der Waals surface area contributed by atoms with E-state index in [0.29, 0.717) is 16.4 Å². The minimum atomic E-state index is -0.670. The summed E-state index contributed by atoms with van der Waals surface area (Å²) in [4.78, 5) is 32.0. The van der Waals surface area contributed by atoms with E-state index in [1.807, 2.05) is 4.90 Å². The molecule has 9 heteroatoms. The summed E-state index contributed by atoms with van der Waals surface area (Å²) in [5, 5.41) is 11.2. The number of ether oxygens (including phenoxy) is 1. The van der Waals surface area contributed by atoms with E-state index in [0.717, 1.165) is 37.2 Å². The second-order valence-corrected chi connectivity index (χ2v) is 8.25. The number of benzene rings is 2. The SMILES string of the molecule is COc1cc(F)cc(C(=O)Nc2ccc(Cl)cn2)c1CC(=O)c1ccc(C(=N)N2CCC2)cc1. The largest absolute Gasteiger partial charge is 0.496 e. The highest BCUT2D eigenvalue weighted by molar-refractivity contribution is 6.30. The molecule has 0 unspecified atom stereocenters. The Morgan fingerprint density at radius 2 is 1.85 bits per heavy atom. The molecule has 174 valence electrons. The number of hydrogen-bond donors (Lipinski definition) is 2. The summed E-state index contributed by atoms with van der Waals surface area (Å²) in [7, 11) is 1.35. The van der Waals surface area contributed by atoms with Gasteiger partial charge in [0.2, 0.25) is 0 Å². The van der Waals surface area contributed by atoms with Crippen molar-refractivity contribution in [3.63, 3.8) is 0 Å². The number of likely N-dealkylation sites (tertiary alicyclic amines) is 1. The first-order valence-corrected chi connectivity index (χ1v) is 11.0. The van der Waals surface area contributed by atoms with Gasteiger partial charge < -0.3 is 15.0 Å². The van der Waals surface area contributed by atoms with Crippen molar-refractivity contribution >= 4 is 34.9 Å². The minimum Gasteiger partial charge on any atom is -0.496 e. The predicted molar refractivity (Wildman–Crippen MR) is 128 cm³/mol. The molecule has 1 amide bonds. The summed E-state index contributed by atoms with van der Waals surface area (Å²) in [5.41, 5.74) is 1.37. The third kappa shape index (κ3) is 5.07. The molecule has 1 aromatic heterocycles. The first-order valence-electron chi connectivity index (χ1n) is 10.6. The number of nitrogens with one attached hydrogen (secondary N) is 2. The van der Waals surface area contributed by atoms with Crippen molar-refractivity contribution < 1.29 is 18.7 Å². The van der Waals surface area contributed by atoms with E-state index < -0.39 is 11.7 Å². The number of Topliss-reactive ketones (excluding diaryl/α,β-unsaturated/α-hetero) is 1. The van der Waals surface area contributed by atoms with Crippen LogP contribution >= 0.6 is 11.6 Å². The number of aromatic nitrogens is 1. The molecule has 0 saturated carbocycles. The van der Waals surface area contributed by atoms with Crippen molar-refractivity contribution in [3.05, 3.63) is 87.8 Å². The number of carbonyl (C=O) groups is 2. The number of amidine groups is 1. The van der Waals surface area contributed by atoms with Crippen LogP contribution in [-0.2, 0) is 6.42 Å². The lowest BCUT2D eigenvalue weighted by atomic mass is 9.96. The first kappa shape index (κ1) is 23.4. The van der Waals surface area contributed by atoms with Gasteiger partial charge in [-0.1, -0.05) is 35.9 Å². The molecule has 1 aliphatic rings. The van der Waals surface area contributed by atoms with Crippen LogP contribution in [0.1, 0.15) is 38.3 Å². The Bertz CT molecular complexity index is 1240. The third-order valence-electron chi connectivity index (χ3n) is 5.60. The summed E-state index contributed by atoms with van der Waals surface area (Å²) >= 11 is 5.83. The summed E-state index contributed by atoms with van der Waals surface area (Å²) in [6, 6.07) is 12.0. The Hall–Kier alpha value is -3.78. The number of nitrogens with zero attached hydrogens (tertiary/aromatic N) is 2. The monoisotopic (exact) mass is 480 g/mol. The summed E-state index contributed by atoms with van der Waals surface area (Å²) < 4.78 is 19.5. The molecule has 4 rings (SSSR count). The normalized spacial score (nSPS) is 12.6. The highest BCUT2D eigenvalue weighted by Gasteiger charge is 2.22. The topological polar surface area (TPSA) is 95.4 Å². The van der Waals surface area contributed by atoms with Crippen molar-refractivity contribution in [1.82, 2.24) is 9.88 Å². The second kappa shape index (κ2) is 10.0. The lowest BCUT2D eigenvalue weighted by Gasteiger charge is -2.33. The Labute approximate surface area is 201 Å². The van der Waals surface area contributed by atoms with Crippen molar-refractivity contribution in [2.75, 3.05) is 25.5 Å². The number of methoxy groups -OCH3 is 1. The van der Waals surface area contributed by atoms with Crippen molar-refractivity contribution in [3.8, 4) is 5.75 Å². The number of rotatable bonds is 7. The Morgan fingerprint density at radius 1 is 1.15 bits per heavy atom. The van der Waals surface area contributed by atoms with Crippen LogP contribution in [0, 0.1) is 11.2 Å². The van der Waals surface area contributed by atoms with Crippen molar-refractivity contribution in [2.45, 2.75) is 12.8 Å². The average molecular weight is 481 g/mol. The molecular formula is C25H22ClFN4O3. The van der Waals surface area contributed by atoms with Gasteiger partial charge in [0, 0.05) is 54.0 Å². The van der Waals surface area contributed by atoms with Crippen molar-refractivity contribution in [2.24, 2.45) is 0 Å². The summed E-state index contributed by atoms with van der Waals surface area (Å²) in [6.07, 6.45) is 2.27. The molecule has 7 nitrogen and oxygen atoms in total. The Morgan fingerprint density at radius 3 is 2.44 bits per heavy atom. The Kier molecular flexibility index (Phi) is 6.88. The smallest absolute Gasteiger partial charge is 0.257 e. The lowest BCUT2D eigenvalue weighted by molar-refractivity contribution is 0.0991. The molecule has 0 radical (unpaired) electrons. The van der Waals surface area contributed by atoms with Crippen LogP contribution in [-0.4, -0.2) is 47.6 Å². The number of anilines is 1. The zero-order valence-electron chi connectivity index (χ0n) is 18.4. The van der Waals surface area contributed by atoms with Gasteiger partial charge >= 0.3 is 0 Å². The van der Waals surface area contributed by atoms with Gasteiger partial charge in [-0.05, 0) is 24.6 Å². The standard InChI is InChI=1S/C25H22ClFN4O3/c1-34-22-12-18(27)11-20(25(33)30-23-8-7-17(26)14-29-23)19(22)13-21(32)15-3-5-16(6-4-15)24(28)31-9-2-10-31/h3-8,11-12,14,28H,2,9-10,13H2,1H3,(H,29,30,33). The number of hydrogen-bond acceptors (Lipinski definition) is 5. The maximum atomic E-state index is 14.2. The molecule has 1 saturated heterocycles. The number of halogens is 2. The van der Waals surface area contributed by atoms with Crippen LogP contribution < -0.4 is 10.1 Å². The van der Waals surface area contributed by atoms with Crippen molar-refractivity contribution in [1.29, 1.82) is 5.41 Å². The fourth-order valence-electron chi connectivity index (χ4n) is 3.61. The van der Waals surface area contributed by atoms with Crippen LogP contribution in [0.5, 0.6) is 5.75 Å². The third-order valence-corrected chi connectivity index (χ3v) is 5.82. The van der Waals surface area contributed by atoms with Gasteiger partial charge in [0.1, 0.15) is 23.2 Å². The first-order chi connectivity index (χ1) is 16.4. The van der Waals surface area contributed by atoms with Crippen LogP contribution in [0.25, 0.3) is 0 Å². The summed E-state index contributed by atoms with van der Waals surface area (Å²) in [5.74, 6) is -0.815. The summed E-state index contributed by atoms with van der Waals surface area (Å²) in [6.45, 7) is 1.72. The van der Waals surface area contributed by atoms with Crippen LogP contribution in [0.3, 0.4) is 0 Å². The van der Waals surface area contributed by atoms with Gasteiger partial charge in [-0.2, -0.15) is 0 Å². The van der Waals surface area contributed by atoms with Crippen LogP contribution in [0.4, 0.5) is 10.2 Å². The van der Waals surface area contributed by atoms with Gasteiger partial charge in [0.05, 0.1) is 12.1 Å². The second-order valence-electron chi connectivity index (χ2n) is 7.82. The van der Waals surface area contributed by atoms with E-state index in [1.54, 1.807) is 30.3 Å². The quantitative estimate of drug-likeness (QED) is 0.293. The van der Waals surface area contributed by atoms with E-state index >= 15 is 0 Å². The van der Waals surface area contributed by atoms with E-state index in [-0.39, 0.29) is 34.9 Å². The number of ketones is 1. The lowest BCUT2D eigenvalue weighted by Crippen LogP contribution is -2.42. The van der Waals surface area contributed by atoms with Gasteiger partial charge in [0.25, 0.3) is 5.91 Å². The number of carbonyl (C=O) groups excluding carboxylic acids is 2. The molecule has 0 aliphatic carbocycles. The molecule has 2 N–H and O–H groups in total. The zero-order valence-corrected chi connectivity index (χ0v) is 19.2. The zero-order chi connectivity index (χ0) is 24.2. The van der Waals surface area contributed by atoms with Gasteiger partial charge in [-0.25, -0.2) is 9.37 Å². The molecule has 34 heavy (non-hydrogen) atoms. The van der Waals surface area contributed by atoms with Gasteiger partial charge in [0.15, 0.2) is 5.78 Å². The molecule has 0 atom stereocenters. The average Bonchev–Trinajstić information content (AvgIpc) is 2.80. The molecule has 2 heterocycles. The predicted octanol–water partition coefficient (Wildman–Crippen LogP) is 4.59. The molecule has 3 aromatic rings. The number of pyridine rings is 1. The van der Waals surface area contributed by atoms with Gasteiger partial charge in [-0.15, -0.1) is 0 Å². The maximum Gasteiger partial charge on any atom is 0.257 e. The number of amides is 1.